The van der Waals surface area contributed by atoms with Crippen LogP contribution in [0.1, 0.15) is 18.1 Å². The van der Waals surface area contributed by atoms with E-state index in [0.717, 1.165) is 21.3 Å². The second kappa shape index (κ2) is 6.17. The third-order valence-electron chi connectivity index (χ3n) is 3.30. The van der Waals surface area contributed by atoms with Crippen molar-refractivity contribution in [2.45, 2.75) is 18.9 Å². The first-order valence-corrected chi connectivity index (χ1v) is 7.47. The lowest BCUT2D eigenvalue weighted by Crippen LogP contribution is -2.36. The standard InChI is InChI=1S/C16H17BrClNO/c1-16(19,13-5-3-4-6-15(13)20-2)10-11-7-8-12(17)9-14(11)18/h3-9H,10,19H2,1-2H3. The molecule has 1 atom stereocenters. The van der Waals surface area contributed by atoms with Gasteiger partial charge in [-0.25, -0.2) is 0 Å². The summed E-state index contributed by atoms with van der Waals surface area (Å²) in [5, 5.41) is 0.714. The van der Waals surface area contributed by atoms with Gasteiger partial charge in [-0.3, -0.25) is 0 Å². The Balaban J connectivity index is 2.35. The van der Waals surface area contributed by atoms with Crippen LogP contribution in [0.3, 0.4) is 0 Å². The number of para-hydroxylation sites is 1. The Morgan fingerprint density at radius 1 is 1.25 bits per heavy atom. The van der Waals surface area contributed by atoms with E-state index in [0.29, 0.717) is 11.4 Å². The van der Waals surface area contributed by atoms with Crippen LogP contribution in [-0.4, -0.2) is 7.11 Å². The van der Waals surface area contributed by atoms with E-state index in [-0.39, 0.29) is 0 Å². The molecule has 0 saturated carbocycles. The average Bonchev–Trinajstić information content (AvgIpc) is 2.42. The summed E-state index contributed by atoms with van der Waals surface area (Å²) in [4.78, 5) is 0. The van der Waals surface area contributed by atoms with Crippen LogP contribution in [0.2, 0.25) is 5.02 Å². The highest BCUT2D eigenvalue weighted by atomic mass is 79.9. The topological polar surface area (TPSA) is 35.2 Å². The number of halogens is 2. The quantitative estimate of drug-likeness (QED) is 0.875. The van der Waals surface area contributed by atoms with Gasteiger partial charge >= 0.3 is 0 Å². The summed E-state index contributed by atoms with van der Waals surface area (Å²) in [5.74, 6) is 0.797. The molecule has 0 aliphatic heterocycles. The lowest BCUT2D eigenvalue weighted by atomic mass is 9.86. The van der Waals surface area contributed by atoms with Gasteiger partial charge in [0.15, 0.2) is 0 Å². The summed E-state index contributed by atoms with van der Waals surface area (Å²) < 4.78 is 6.36. The first kappa shape index (κ1) is 15.4. The molecule has 4 heteroatoms. The number of methoxy groups -OCH3 is 1. The first-order chi connectivity index (χ1) is 9.44. The van der Waals surface area contributed by atoms with E-state index in [9.17, 15) is 0 Å². The Bertz CT molecular complexity index is 613. The predicted octanol–water partition coefficient (Wildman–Crippen LogP) is 4.53. The van der Waals surface area contributed by atoms with E-state index < -0.39 is 5.54 Å². The van der Waals surface area contributed by atoms with Crippen molar-refractivity contribution >= 4 is 27.5 Å². The molecule has 0 saturated heterocycles. The van der Waals surface area contributed by atoms with Crippen molar-refractivity contribution in [1.82, 2.24) is 0 Å². The minimum atomic E-state index is -0.552. The third-order valence-corrected chi connectivity index (χ3v) is 4.14. The van der Waals surface area contributed by atoms with Gasteiger partial charge in [-0.05, 0) is 37.1 Å². The molecule has 0 heterocycles. The van der Waals surface area contributed by atoms with Crippen molar-refractivity contribution in [3.63, 3.8) is 0 Å². The fourth-order valence-corrected chi connectivity index (χ4v) is 3.01. The number of rotatable bonds is 4. The number of nitrogens with two attached hydrogens (primary N) is 1. The molecule has 2 aromatic rings. The van der Waals surface area contributed by atoms with E-state index in [1.54, 1.807) is 7.11 Å². The van der Waals surface area contributed by atoms with Gasteiger partial charge in [0.1, 0.15) is 5.75 Å². The summed E-state index contributed by atoms with van der Waals surface area (Å²) in [5.41, 5.74) is 7.94. The predicted molar refractivity (Wildman–Crippen MR) is 87.4 cm³/mol. The fraction of sp³-hybridized carbons (Fsp3) is 0.250. The molecule has 20 heavy (non-hydrogen) atoms. The van der Waals surface area contributed by atoms with Crippen molar-refractivity contribution in [1.29, 1.82) is 0 Å². The molecule has 0 fully saturated rings. The van der Waals surface area contributed by atoms with Gasteiger partial charge in [-0.2, -0.15) is 0 Å². The summed E-state index contributed by atoms with van der Waals surface area (Å²) >= 11 is 9.69. The summed E-state index contributed by atoms with van der Waals surface area (Å²) in [6.45, 7) is 1.99. The Morgan fingerprint density at radius 3 is 2.60 bits per heavy atom. The van der Waals surface area contributed by atoms with Crippen molar-refractivity contribution in [2.24, 2.45) is 5.73 Å². The molecule has 0 bridgehead atoms. The number of benzene rings is 2. The van der Waals surface area contributed by atoms with Crippen molar-refractivity contribution < 1.29 is 4.74 Å². The number of hydrogen-bond donors (Lipinski definition) is 1. The van der Waals surface area contributed by atoms with Gasteiger partial charge in [0.2, 0.25) is 0 Å². The first-order valence-electron chi connectivity index (χ1n) is 6.30. The minimum absolute atomic E-state index is 0.552. The summed E-state index contributed by atoms with van der Waals surface area (Å²) in [6, 6.07) is 13.7. The Kier molecular flexibility index (Phi) is 4.74. The van der Waals surface area contributed by atoms with Crippen molar-refractivity contribution in [2.75, 3.05) is 7.11 Å². The molecule has 2 aromatic carbocycles. The second-order valence-corrected chi connectivity index (χ2v) is 6.35. The van der Waals surface area contributed by atoms with Gasteiger partial charge < -0.3 is 10.5 Å². The van der Waals surface area contributed by atoms with E-state index in [4.69, 9.17) is 22.1 Å². The monoisotopic (exact) mass is 353 g/mol. The van der Waals surface area contributed by atoms with E-state index in [1.165, 1.54) is 0 Å². The molecule has 0 amide bonds. The van der Waals surface area contributed by atoms with Crippen LogP contribution in [0, 0.1) is 0 Å². The van der Waals surface area contributed by atoms with Crippen LogP contribution < -0.4 is 10.5 Å². The van der Waals surface area contributed by atoms with Crippen LogP contribution in [0.25, 0.3) is 0 Å². The Labute approximate surface area is 133 Å². The number of ether oxygens (including phenoxy) is 1. The molecule has 0 radical (unpaired) electrons. The lowest BCUT2D eigenvalue weighted by molar-refractivity contribution is 0.386. The van der Waals surface area contributed by atoms with Crippen LogP contribution in [-0.2, 0) is 12.0 Å². The molecule has 2 rings (SSSR count). The van der Waals surface area contributed by atoms with Crippen molar-refractivity contribution in [3.8, 4) is 5.75 Å². The molecular formula is C16H17BrClNO. The Morgan fingerprint density at radius 2 is 1.95 bits per heavy atom. The molecule has 1 unspecified atom stereocenters. The smallest absolute Gasteiger partial charge is 0.123 e. The van der Waals surface area contributed by atoms with Crippen LogP contribution in [0.15, 0.2) is 46.9 Å². The molecule has 0 aliphatic rings. The summed E-state index contributed by atoms with van der Waals surface area (Å²) in [7, 11) is 1.65. The van der Waals surface area contributed by atoms with Crippen molar-refractivity contribution in [3.05, 3.63) is 63.1 Å². The molecule has 2 nitrogen and oxygen atoms in total. The van der Waals surface area contributed by atoms with Crippen LogP contribution in [0.4, 0.5) is 0 Å². The van der Waals surface area contributed by atoms with E-state index >= 15 is 0 Å². The summed E-state index contributed by atoms with van der Waals surface area (Å²) in [6.07, 6.45) is 0.638. The maximum Gasteiger partial charge on any atom is 0.123 e. The van der Waals surface area contributed by atoms with Gasteiger partial charge in [-0.15, -0.1) is 0 Å². The van der Waals surface area contributed by atoms with E-state index in [2.05, 4.69) is 15.9 Å². The van der Waals surface area contributed by atoms with Gasteiger partial charge in [0, 0.05) is 20.6 Å². The third kappa shape index (κ3) is 3.35. The fourth-order valence-electron chi connectivity index (χ4n) is 2.27. The largest absolute Gasteiger partial charge is 0.496 e. The van der Waals surface area contributed by atoms with E-state index in [1.807, 2.05) is 49.4 Å². The molecule has 0 spiro atoms. The maximum absolute atomic E-state index is 6.50. The Hall–Kier alpha value is -1.03. The highest BCUT2D eigenvalue weighted by molar-refractivity contribution is 9.10. The molecular weight excluding hydrogens is 338 g/mol. The molecule has 2 N–H and O–H groups in total. The molecule has 0 aromatic heterocycles. The highest BCUT2D eigenvalue weighted by Crippen LogP contribution is 2.33. The lowest BCUT2D eigenvalue weighted by Gasteiger charge is -2.27. The zero-order chi connectivity index (χ0) is 14.8. The highest BCUT2D eigenvalue weighted by Gasteiger charge is 2.26. The number of hydrogen-bond acceptors (Lipinski definition) is 2. The SMILES string of the molecule is COc1ccccc1C(C)(N)Cc1ccc(Br)cc1Cl. The van der Waals surface area contributed by atoms with Crippen LogP contribution in [0.5, 0.6) is 5.75 Å². The van der Waals surface area contributed by atoms with Gasteiger partial charge in [-0.1, -0.05) is 51.8 Å². The van der Waals surface area contributed by atoms with Crippen LogP contribution >= 0.6 is 27.5 Å². The molecule has 106 valence electrons. The zero-order valence-electron chi connectivity index (χ0n) is 11.5. The average molecular weight is 355 g/mol. The van der Waals surface area contributed by atoms with Gasteiger partial charge in [0.05, 0.1) is 7.11 Å². The normalized spacial score (nSPS) is 13.8. The zero-order valence-corrected chi connectivity index (χ0v) is 13.8. The minimum Gasteiger partial charge on any atom is -0.496 e. The van der Waals surface area contributed by atoms with Gasteiger partial charge in [0.25, 0.3) is 0 Å². The second-order valence-electron chi connectivity index (χ2n) is 5.03. The molecule has 0 aliphatic carbocycles. The maximum atomic E-state index is 6.50.